The van der Waals surface area contributed by atoms with Crippen LogP contribution in [-0.2, 0) is 13.7 Å². The molecule has 0 aliphatic rings. The van der Waals surface area contributed by atoms with Crippen molar-refractivity contribution in [3.63, 3.8) is 0 Å². The number of hydrogen-bond acceptors (Lipinski definition) is 5. The molecular formula is C9H4Cl4NO5P. The minimum Gasteiger partial charge on any atom is -0.478 e. The van der Waals surface area contributed by atoms with E-state index < -0.39 is 30.4 Å². The van der Waals surface area contributed by atoms with Crippen molar-refractivity contribution in [1.82, 2.24) is 0 Å². The van der Waals surface area contributed by atoms with E-state index in [1.54, 1.807) is 0 Å². The van der Waals surface area contributed by atoms with Crippen molar-refractivity contribution >= 4 is 66.2 Å². The molecule has 0 aliphatic carbocycles. The Balaban J connectivity index is 3.80. The summed E-state index contributed by atoms with van der Waals surface area (Å²) >= 11 is 23.2. The van der Waals surface area contributed by atoms with Gasteiger partial charge in [0.05, 0.1) is 31.2 Å². The number of carboxylic acids is 1. The van der Waals surface area contributed by atoms with Gasteiger partial charge in [0.25, 0.3) is 0 Å². The van der Waals surface area contributed by atoms with Gasteiger partial charge in [0, 0.05) is 7.05 Å². The molecule has 0 aliphatic heterocycles. The van der Waals surface area contributed by atoms with Crippen LogP contribution in [0.2, 0.25) is 20.1 Å². The maximum atomic E-state index is 11.3. The monoisotopic (exact) mass is 377 g/mol. The van der Waals surface area contributed by atoms with Crippen molar-refractivity contribution in [2.24, 2.45) is 4.99 Å². The SMILES string of the molecule is CN=C(OP(=O)=O)c1c(Cl)c(Cl)c(Cl)c(Cl)c1C(=O)O. The number of benzene rings is 1. The van der Waals surface area contributed by atoms with Gasteiger partial charge in [-0.2, -0.15) is 9.13 Å². The number of aromatic carboxylic acids is 1. The summed E-state index contributed by atoms with van der Waals surface area (Å²) in [6, 6.07) is 0. The van der Waals surface area contributed by atoms with E-state index in [-0.39, 0.29) is 20.6 Å². The minimum atomic E-state index is -3.34. The smallest absolute Gasteiger partial charge is 0.478 e. The third-order valence-electron chi connectivity index (χ3n) is 2.06. The predicted octanol–water partition coefficient (Wildman–Crippen LogP) is 4.48. The van der Waals surface area contributed by atoms with Crippen LogP contribution in [0.5, 0.6) is 0 Å². The van der Waals surface area contributed by atoms with Crippen molar-refractivity contribution in [3.8, 4) is 0 Å². The lowest BCUT2D eigenvalue weighted by atomic mass is 10.1. The highest BCUT2D eigenvalue weighted by Crippen LogP contribution is 2.42. The summed E-state index contributed by atoms with van der Waals surface area (Å²) in [6.07, 6.45) is 0. The van der Waals surface area contributed by atoms with E-state index in [9.17, 15) is 13.9 Å². The van der Waals surface area contributed by atoms with Gasteiger partial charge in [-0.3, -0.25) is 4.99 Å². The van der Waals surface area contributed by atoms with E-state index in [2.05, 4.69) is 9.52 Å². The number of nitrogens with zero attached hydrogens (tertiary/aromatic N) is 1. The summed E-state index contributed by atoms with van der Waals surface area (Å²) < 4.78 is 25.6. The summed E-state index contributed by atoms with van der Waals surface area (Å²) in [7, 11) is -2.17. The fourth-order valence-electron chi connectivity index (χ4n) is 1.30. The molecular weight excluding hydrogens is 375 g/mol. The molecule has 0 bridgehead atoms. The molecule has 0 saturated carbocycles. The first-order valence-electron chi connectivity index (χ1n) is 4.61. The number of hydrogen-bond donors (Lipinski definition) is 1. The molecule has 0 saturated heterocycles. The predicted molar refractivity (Wildman–Crippen MR) is 75.3 cm³/mol. The van der Waals surface area contributed by atoms with Crippen LogP contribution in [0.15, 0.2) is 4.99 Å². The van der Waals surface area contributed by atoms with Crippen LogP contribution in [-0.4, -0.2) is 24.0 Å². The van der Waals surface area contributed by atoms with Crippen LogP contribution < -0.4 is 0 Å². The molecule has 0 spiro atoms. The van der Waals surface area contributed by atoms with Gasteiger partial charge in [0.15, 0.2) is 0 Å². The molecule has 0 unspecified atom stereocenters. The average Bonchev–Trinajstić information content (AvgIpc) is 2.37. The van der Waals surface area contributed by atoms with Crippen LogP contribution in [0, 0.1) is 0 Å². The van der Waals surface area contributed by atoms with Crippen molar-refractivity contribution in [2.75, 3.05) is 7.05 Å². The topological polar surface area (TPSA) is 93.0 Å². The quantitative estimate of drug-likeness (QED) is 0.275. The second-order valence-electron chi connectivity index (χ2n) is 3.15. The van der Waals surface area contributed by atoms with E-state index >= 15 is 0 Å². The molecule has 0 radical (unpaired) electrons. The molecule has 1 N–H and O–H groups in total. The second-order valence-corrected chi connectivity index (χ2v) is 5.30. The van der Waals surface area contributed by atoms with Gasteiger partial charge in [0.2, 0.25) is 5.90 Å². The summed E-state index contributed by atoms with van der Waals surface area (Å²) in [5.41, 5.74) is -0.941. The fourth-order valence-corrected chi connectivity index (χ4v) is 2.63. The van der Waals surface area contributed by atoms with E-state index in [0.29, 0.717) is 0 Å². The van der Waals surface area contributed by atoms with Gasteiger partial charge in [0.1, 0.15) is 0 Å². The van der Waals surface area contributed by atoms with Crippen molar-refractivity contribution in [2.45, 2.75) is 0 Å². The Morgan fingerprint density at radius 1 is 1.05 bits per heavy atom. The molecule has 1 aromatic rings. The van der Waals surface area contributed by atoms with Gasteiger partial charge >= 0.3 is 13.9 Å². The first kappa shape index (κ1) is 17.3. The van der Waals surface area contributed by atoms with Crippen LogP contribution in [0.4, 0.5) is 0 Å². The first-order chi connectivity index (χ1) is 9.22. The molecule has 108 valence electrons. The van der Waals surface area contributed by atoms with E-state index in [1.807, 2.05) is 0 Å². The summed E-state index contributed by atoms with van der Waals surface area (Å²) in [5.74, 6) is -2.07. The number of carbonyl (C=O) groups is 1. The number of halogens is 4. The maximum absolute atomic E-state index is 11.3. The maximum Gasteiger partial charge on any atom is 0.530 e. The van der Waals surface area contributed by atoms with Gasteiger partial charge in [-0.25, -0.2) is 4.79 Å². The molecule has 0 atom stereocenters. The molecule has 0 fully saturated rings. The highest BCUT2D eigenvalue weighted by Gasteiger charge is 2.29. The van der Waals surface area contributed by atoms with E-state index in [0.717, 1.165) is 0 Å². The molecule has 20 heavy (non-hydrogen) atoms. The van der Waals surface area contributed by atoms with Crippen LogP contribution >= 0.6 is 54.3 Å². The molecule has 11 heteroatoms. The van der Waals surface area contributed by atoms with Crippen LogP contribution in [0.3, 0.4) is 0 Å². The lowest BCUT2D eigenvalue weighted by Crippen LogP contribution is -2.12. The highest BCUT2D eigenvalue weighted by atomic mass is 35.5. The molecule has 0 aromatic heterocycles. The zero-order chi connectivity index (χ0) is 15.6. The zero-order valence-corrected chi connectivity index (χ0v) is 13.4. The van der Waals surface area contributed by atoms with Crippen molar-refractivity contribution in [1.29, 1.82) is 0 Å². The van der Waals surface area contributed by atoms with E-state index in [1.165, 1.54) is 7.05 Å². The van der Waals surface area contributed by atoms with Crippen LogP contribution in [0.1, 0.15) is 15.9 Å². The number of carboxylic acid groups (broad SMARTS) is 1. The van der Waals surface area contributed by atoms with Gasteiger partial charge in [-0.1, -0.05) is 46.4 Å². The Morgan fingerprint density at radius 2 is 1.50 bits per heavy atom. The highest BCUT2D eigenvalue weighted by molar-refractivity contribution is 7.25. The third kappa shape index (κ3) is 3.27. The van der Waals surface area contributed by atoms with Crippen LogP contribution in [0.25, 0.3) is 0 Å². The summed E-state index contributed by atoms with van der Waals surface area (Å²) in [4.78, 5) is 14.8. The lowest BCUT2D eigenvalue weighted by Gasteiger charge is -2.13. The summed E-state index contributed by atoms with van der Waals surface area (Å²) in [6.45, 7) is 0. The van der Waals surface area contributed by atoms with E-state index in [4.69, 9.17) is 51.5 Å². The normalized spacial score (nSPS) is 11.3. The minimum absolute atomic E-state index is 0.246. The zero-order valence-electron chi connectivity index (χ0n) is 9.49. The van der Waals surface area contributed by atoms with Crippen molar-refractivity contribution < 1.29 is 23.6 Å². The Bertz CT molecular complexity index is 678. The second kappa shape index (κ2) is 6.78. The third-order valence-corrected chi connectivity index (χ3v) is 4.18. The van der Waals surface area contributed by atoms with Gasteiger partial charge in [-0.05, 0) is 0 Å². The molecule has 6 nitrogen and oxygen atoms in total. The fraction of sp³-hybridized carbons (Fsp3) is 0.111. The lowest BCUT2D eigenvalue weighted by molar-refractivity contribution is 0.0696. The number of aliphatic imine (C=N–C) groups is 1. The molecule has 0 amide bonds. The Morgan fingerprint density at radius 3 is 1.85 bits per heavy atom. The number of rotatable bonds is 3. The van der Waals surface area contributed by atoms with Crippen molar-refractivity contribution in [3.05, 3.63) is 31.2 Å². The van der Waals surface area contributed by atoms with Gasteiger partial charge in [-0.15, -0.1) is 0 Å². The Hall–Kier alpha value is -0.780. The Labute approximate surface area is 133 Å². The Kier molecular flexibility index (Phi) is 5.86. The summed E-state index contributed by atoms with van der Waals surface area (Å²) in [5, 5.41) is 7.89. The standard InChI is InChI=1S/C9H4Cl4NO5P/c1-14-8(19-20(17)18)2-3(9(15)16)5(11)7(13)6(12)4(2)10/h1H3,(H,15,16). The largest absolute Gasteiger partial charge is 0.530 e. The average molecular weight is 379 g/mol. The first-order valence-corrected chi connectivity index (χ1v) is 7.21. The van der Waals surface area contributed by atoms with Gasteiger partial charge < -0.3 is 9.63 Å². The molecule has 1 aromatic carbocycles. The molecule has 1 rings (SSSR count). The molecule has 0 heterocycles.